The van der Waals surface area contributed by atoms with Gasteiger partial charge in [0.2, 0.25) is 0 Å². The fraction of sp³-hybridized carbons (Fsp3) is 0.733. The molecule has 0 rings (SSSR count). The molecule has 0 aliphatic heterocycles. The van der Waals surface area contributed by atoms with Gasteiger partial charge in [0.1, 0.15) is 0 Å². The van der Waals surface area contributed by atoms with Crippen LogP contribution in [0.1, 0.15) is 51.9 Å². The zero-order chi connectivity index (χ0) is 16.8. The van der Waals surface area contributed by atoms with Gasteiger partial charge >= 0.3 is 18.1 Å². The zero-order valence-corrected chi connectivity index (χ0v) is 12.8. The van der Waals surface area contributed by atoms with Crippen molar-refractivity contribution in [3.05, 3.63) is 12.2 Å². The molecular formula is C15H23F3O4. The topological polar surface area (TPSA) is 52.6 Å². The summed E-state index contributed by atoms with van der Waals surface area (Å²) in [5.41, 5.74) is 0. The number of carbonyl (C=O) groups is 2. The van der Waals surface area contributed by atoms with E-state index in [9.17, 15) is 22.8 Å². The van der Waals surface area contributed by atoms with Crippen LogP contribution in [0.3, 0.4) is 0 Å². The van der Waals surface area contributed by atoms with Gasteiger partial charge in [-0.3, -0.25) is 0 Å². The first-order chi connectivity index (χ1) is 10.3. The minimum Gasteiger partial charge on any atom is -0.463 e. The second-order valence-electron chi connectivity index (χ2n) is 4.85. The quantitative estimate of drug-likeness (QED) is 0.328. The number of alkyl halides is 3. The molecule has 0 radical (unpaired) electrons. The molecule has 0 spiro atoms. The SMILES string of the molecule is CCCCCCCCCOC(=O)/C=C/C(=O)OCC(F)(F)F. The molecule has 0 aliphatic rings. The first-order valence-corrected chi connectivity index (χ1v) is 7.43. The van der Waals surface area contributed by atoms with Crippen LogP contribution in [-0.4, -0.2) is 31.3 Å². The van der Waals surface area contributed by atoms with Gasteiger partial charge in [-0.1, -0.05) is 45.4 Å². The number of halogens is 3. The van der Waals surface area contributed by atoms with E-state index in [2.05, 4.69) is 11.7 Å². The molecule has 0 bridgehead atoms. The van der Waals surface area contributed by atoms with E-state index in [4.69, 9.17) is 4.74 Å². The van der Waals surface area contributed by atoms with Crippen LogP contribution < -0.4 is 0 Å². The minimum atomic E-state index is -4.58. The molecule has 0 N–H and O–H groups in total. The third kappa shape index (κ3) is 14.9. The molecule has 0 aromatic carbocycles. The van der Waals surface area contributed by atoms with Crippen LogP contribution in [0.25, 0.3) is 0 Å². The fourth-order valence-electron chi connectivity index (χ4n) is 1.62. The lowest BCUT2D eigenvalue weighted by Crippen LogP contribution is -2.19. The molecule has 0 atom stereocenters. The van der Waals surface area contributed by atoms with Gasteiger partial charge in [0.15, 0.2) is 6.61 Å². The highest BCUT2D eigenvalue weighted by Crippen LogP contribution is 2.14. The Morgan fingerprint density at radius 3 is 1.91 bits per heavy atom. The molecule has 4 nitrogen and oxygen atoms in total. The van der Waals surface area contributed by atoms with Crippen molar-refractivity contribution < 1.29 is 32.2 Å². The highest BCUT2D eigenvalue weighted by Gasteiger charge is 2.29. The highest BCUT2D eigenvalue weighted by molar-refractivity contribution is 5.91. The number of ether oxygens (including phenoxy) is 2. The molecule has 22 heavy (non-hydrogen) atoms. The molecule has 7 heteroatoms. The molecule has 0 unspecified atom stereocenters. The molecule has 128 valence electrons. The summed E-state index contributed by atoms with van der Waals surface area (Å²) in [4.78, 5) is 22.1. The smallest absolute Gasteiger partial charge is 0.422 e. The highest BCUT2D eigenvalue weighted by atomic mass is 19.4. The predicted molar refractivity (Wildman–Crippen MR) is 75.1 cm³/mol. The van der Waals surface area contributed by atoms with Crippen molar-refractivity contribution in [1.82, 2.24) is 0 Å². The fourth-order valence-corrected chi connectivity index (χ4v) is 1.62. The average Bonchev–Trinajstić information content (AvgIpc) is 2.45. The van der Waals surface area contributed by atoms with Crippen molar-refractivity contribution in [2.24, 2.45) is 0 Å². The van der Waals surface area contributed by atoms with Gasteiger partial charge in [-0.05, 0) is 6.42 Å². The van der Waals surface area contributed by atoms with Crippen molar-refractivity contribution in [3.8, 4) is 0 Å². The van der Waals surface area contributed by atoms with E-state index in [0.29, 0.717) is 6.08 Å². The van der Waals surface area contributed by atoms with Crippen LogP contribution in [0.5, 0.6) is 0 Å². The Morgan fingerprint density at radius 2 is 1.36 bits per heavy atom. The minimum absolute atomic E-state index is 0.231. The van der Waals surface area contributed by atoms with E-state index in [1.807, 2.05) is 0 Å². The number of rotatable bonds is 11. The van der Waals surface area contributed by atoms with Gasteiger partial charge in [-0.25, -0.2) is 9.59 Å². The predicted octanol–water partition coefficient (Wildman–Crippen LogP) is 3.94. The van der Waals surface area contributed by atoms with Crippen LogP contribution in [0, 0.1) is 0 Å². The van der Waals surface area contributed by atoms with Crippen molar-refractivity contribution in [2.45, 2.75) is 58.0 Å². The molecule has 0 amide bonds. The van der Waals surface area contributed by atoms with Crippen LogP contribution in [0.15, 0.2) is 12.2 Å². The lowest BCUT2D eigenvalue weighted by molar-refractivity contribution is -0.182. The molecule has 0 aliphatic carbocycles. The van der Waals surface area contributed by atoms with Crippen LogP contribution >= 0.6 is 0 Å². The molecule has 0 fully saturated rings. The molecular weight excluding hydrogens is 301 g/mol. The van der Waals surface area contributed by atoms with E-state index in [1.54, 1.807) is 0 Å². The molecule has 0 saturated heterocycles. The van der Waals surface area contributed by atoms with E-state index >= 15 is 0 Å². The number of unbranched alkanes of at least 4 members (excludes halogenated alkanes) is 6. The first kappa shape index (κ1) is 20.5. The summed E-state index contributed by atoms with van der Waals surface area (Å²) in [7, 11) is 0. The van der Waals surface area contributed by atoms with Crippen molar-refractivity contribution in [2.75, 3.05) is 13.2 Å². The van der Waals surface area contributed by atoms with E-state index in [1.165, 1.54) is 19.3 Å². The summed E-state index contributed by atoms with van der Waals surface area (Å²) in [6, 6.07) is 0. The van der Waals surface area contributed by atoms with Gasteiger partial charge in [0, 0.05) is 12.2 Å². The number of esters is 2. The Morgan fingerprint density at radius 1 is 0.864 bits per heavy atom. The Hall–Kier alpha value is -1.53. The standard InChI is InChI=1S/C15H23F3O4/c1-2-3-4-5-6-7-8-11-21-13(19)9-10-14(20)22-12-15(16,17)18/h9-10H,2-8,11-12H2,1H3/b10-9+. The Kier molecular flexibility index (Phi) is 11.2. The van der Waals surface area contributed by atoms with Crippen molar-refractivity contribution in [1.29, 1.82) is 0 Å². The lowest BCUT2D eigenvalue weighted by atomic mass is 10.1. The van der Waals surface area contributed by atoms with Gasteiger partial charge in [-0.15, -0.1) is 0 Å². The maximum atomic E-state index is 11.8. The van der Waals surface area contributed by atoms with E-state index in [0.717, 1.165) is 31.8 Å². The van der Waals surface area contributed by atoms with Gasteiger partial charge < -0.3 is 9.47 Å². The number of hydrogen-bond donors (Lipinski definition) is 0. The Bertz CT molecular complexity index is 351. The van der Waals surface area contributed by atoms with Crippen LogP contribution in [-0.2, 0) is 19.1 Å². The third-order valence-corrected chi connectivity index (χ3v) is 2.73. The van der Waals surface area contributed by atoms with Crippen LogP contribution in [0.4, 0.5) is 13.2 Å². The summed E-state index contributed by atoms with van der Waals surface area (Å²) < 4.78 is 44.0. The van der Waals surface area contributed by atoms with E-state index in [-0.39, 0.29) is 6.61 Å². The largest absolute Gasteiger partial charge is 0.463 e. The van der Waals surface area contributed by atoms with E-state index < -0.39 is 24.7 Å². The molecule has 0 heterocycles. The Balaban J connectivity index is 3.60. The van der Waals surface area contributed by atoms with Crippen LogP contribution in [0.2, 0.25) is 0 Å². The van der Waals surface area contributed by atoms with Crippen molar-refractivity contribution >= 4 is 11.9 Å². The summed E-state index contributed by atoms with van der Waals surface area (Å²) in [5.74, 6) is -2.00. The average molecular weight is 324 g/mol. The third-order valence-electron chi connectivity index (χ3n) is 2.73. The maximum Gasteiger partial charge on any atom is 0.422 e. The molecule has 0 aromatic heterocycles. The number of hydrogen-bond acceptors (Lipinski definition) is 4. The van der Waals surface area contributed by atoms with Gasteiger partial charge in [0.05, 0.1) is 6.61 Å². The summed E-state index contributed by atoms with van der Waals surface area (Å²) >= 11 is 0. The van der Waals surface area contributed by atoms with Gasteiger partial charge in [0.25, 0.3) is 0 Å². The van der Waals surface area contributed by atoms with Crippen molar-refractivity contribution in [3.63, 3.8) is 0 Å². The Labute approximate surface area is 128 Å². The second kappa shape index (κ2) is 12.1. The number of carbonyl (C=O) groups excluding carboxylic acids is 2. The summed E-state index contributed by atoms with van der Waals surface area (Å²) in [6.45, 7) is 0.698. The molecule has 0 aromatic rings. The normalized spacial score (nSPS) is 11.6. The first-order valence-electron chi connectivity index (χ1n) is 7.43. The maximum absolute atomic E-state index is 11.8. The molecule has 0 saturated carbocycles. The lowest BCUT2D eigenvalue weighted by Gasteiger charge is -2.05. The zero-order valence-electron chi connectivity index (χ0n) is 12.8. The van der Waals surface area contributed by atoms with Gasteiger partial charge in [-0.2, -0.15) is 13.2 Å². The summed E-state index contributed by atoms with van der Waals surface area (Å²) in [5, 5.41) is 0. The summed E-state index contributed by atoms with van der Waals surface area (Å²) in [6.07, 6.45) is 4.35. The second-order valence-corrected chi connectivity index (χ2v) is 4.85. The monoisotopic (exact) mass is 324 g/mol.